The number of hydroxylamine groups is 1. The van der Waals surface area contributed by atoms with E-state index in [0.717, 1.165) is 29.3 Å². The van der Waals surface area contributed by atoms with E-state index in [2.05, 4.69) is 4.98 Å². The molecule has 0 bridgehead atoms. The van der Waals surface area contributed by atoms with E-state index in [4.69, 9.17) is 5.21 Å². The van der Waals surface area contributed by atoms with Gasteiger partial charge in [-0.05, 0) is 43.5 Å². The van der Waals surface area contributed by atoms with Gasteiger partial charge in [0.15, 0.2) is 0 Å². The molecule has 0 spiro atoms. The summed E-state index contributed by atoms with van der Waals surface area (Å²) in [5.74, 6) is -0.959. The van der Waals surface area contributed by atoms with Gasteiger partial charge in [0.1, 0.15) is 11.6 Å². The molecule has 28 heavy (non-hydrogen) atoms. The van der Waals surface area contributed by atoms with E-state index in [1.165, 1.54) is 23.7 Å². The molecule has 1 aromatic heterocycles. The van der Waals surface area contributed by atoms with Crippen molar-refractivity contribution in [1.29, 1.82) is 0 Å². The molecule has 0 atom stereocenters. The number of fused-ring (bicyclic) bond motifs is 1. The number of carbonyl (C=O) groups excluding carboxylic acids is 1. The zero-order chi connectivity index (χ0) is 20.4. The Morgan fingerprint density at radius 3 is 2.75 bits per heavy atom. The Balaban J connectivity index is 2.30. The number of halogens is 1. The number of hydrogen-bond acceptors (Lipinski definition) is 4. The minimum Gasteiger partial charge on any atom is -0.288 e. The minimum atomic E-state index is -0.800. The van der Waals surface area contributed by atoms with E-state index in [1.807, 2.05) is 32.0 Å². The number of hydrogen-bond donors (Lipinski definition) is 2. The maximum absolute atomic E-state index is 14.3. The standard InChI is InChI=1S/C21H20FN3O3/c1-4-14-7-5-6-12(2)20(14)25-13(3)23-18-11-17(22)15(8-9-19(26)24-28)10-16(18)21(25)27/h5-11,28H,4H2,1-3H3,(H,24,26)/b9-8+. The fourth-order valence-corrected chi connectivity index (χ4v) is 3.25. The summed E-state index contributed by atoms with van der Waals surface area (Å²) in [7, 11) is 0. The summed E-state index contributed by atoms with van der Waals surface area (Å²) in [6, 6.07) is 8.36. The number of rotatable bonds is 4. The van der Waals surface area contributed by atoms with Crippen LogP contribution in [0.1, 0.15) is 29.4 Å². The van der Waals surface area contributed by atoms with Crippen molar-refractivity contribution in [2.75, 3.05) is 0 Å². The van der Waals surface area contributed by atoms with Gasteiger partial charge in [-0.2, -0.15) is 0 Å². The van der Waals surface area contributed by atoms with E-state index < -0.39 is 11.7 Å². The first-order valence-corrected chi connectivity index (χ1v) is 8.81. The van der Waals surface area contributed by atoms with Crippen molar-refractivity contribution in [2.45, 2.75) is 27.2 Å². The fourth-order valence-electron chi connectivity index (χ4n) is 3.25. The largest absolute Gasteiger partial charge is 0.288 e. The van der Waals surface area contributed by atoms with Crippen molar-refractivity contribution in [3.8, 4) is 5.69 Å². The zero-order valence-corrected chi connectivity index (χ0v) is 15.8. The average molecular weight is 381 g/mol. The molecular formula is C21H20FN3O3. The summed E-state index contributed by atoms with van der Waals surface area (Å²) in [6.07, 6.45) is 2.91. The Hall–Kier alpha value is -3.32. The second-order valence-electron chi connectivity index (χ2n) is 6.44. The summed E-state index contributed by atoms with van der Waals surface area (Å²) in [4.78, 5) is 28.9. The van der Waals surface area contributed by atoms with Gasteiger partial charge in [-0.25, -0.2) is 14.9 Å². The molecule has 0 fully saturated rings. The number of amides is 1. The second-order valence-corrected chi connectivity index (χ2v) is 6.44. The van der Waals surface area contributed by atoms with Crippen LogP contribution in [0.2, 0.25) is 0 Å². The lowest BCUT2D eigenvalue weighted by Crippen LogP contribution is -2.24. The lowest BCUT2D eigenvalue weighted by molar-refractivity contribution is -0.124. The average Bonchev–Trinajstić information content (AvgIpc) is 2.67. The molecule has 0 aliphatic rings. The smallest absolute Gasteiger partial charge is 0.267 e. The highest BCUT2D eigenvalue weighted by molar-refractivity contribution is 5.91. The van der Waals surface area contributed by atoms with Crippen LogP contribution in [-0.4, -0.2) is 20.7 Å². The molecular weight excluding hydrogens is 361 g/mol. The van der Waals surface area contributed by atoms with E-state index in [0.29, 0.717) is 5.82 Å². The molecule has 0 saturated carbocycles. The van der Waals surface area contributed by atoms with Crippen LogP contribution in [0, 0.1) is 19.7 Å². The molecule has 1 heterocycles. The first-order chi connectivity index (χ1) is 13.4. The topological polar surface area (TPSA) is 84.2 Å². The summed E-state index contributed by atoms with van der Waals surface area (Å²) >= 11 is 0. The quantitative estimate of drug-likeness (QED) is 0.413. The maximum Gasteiger partial charge on any atom is 0.267 e. The SMILES string of the molecule is CCc1cccc(C)c1-n1c(C)nc2cc(F)c(/C=C/C(=O)NO)cc2c1=O. The van der Waals surface area contributed by atoms with E-state index >= 15 is 0 Å². The molecule has 3 rings (SSSR count). The Kier molecular flexibility index (Phi) is 5.37. The monoisotopic (exact) mass is 381 g/mol. The first kappa shape index (κ1) is 19.4. The van der Waals surface area contributed by atoms with Gasteiger partial charge in [0.05, 0.1) is 16.6 Å². The molecule has 7 heteroatoms. The Morgan fingerprint density at radius 2 is 2.07 bits per heavy atom. The van der Waals surface area contributed by atoms with Crippen molar-refractivity contribution >= 4 is 22.9 Å². The van der Waals surface area contributed by atoms with Crippen LogP contribution in [0.5, 0.6) is 0 Å². The minimum absolute atomic E-state index is 0.0471. The fraction of sp³-hybridized carbons (Fsp3) is 0.190. The van der Waals surface area contributed by atoms with Gasteiger partial charge in [0.25, 0.3) is 11.5 Å². The molecule has 0 radical (unpaired) electrons. The van der Waals surface area contributed by atoms with Gasteiger partial charge in [-0.1, -0.05) is 25.1 Å². The van der Waals surface area contributed by atoms with E-state index in [1.54, 1.807) is 11.5 Å². The van der Waals surface area contributed by atoms with Gasteiger partial charge in [0.2, 0.25) is 0 Å². The highest BCUT2D eigenvalue weighted by Gasteiger charge is 2.16. The molecule has 6 nitrogen and oxygen atoms in total. The summed E-state index contributed by atoms with van der Waals surface area (Å²) in [5, 5.41) is 8.80. The summed E-state index contributed by atoms with van der Waals surface area (Å²) in [6.45, 7) is 5.65. The lowest BCUT2D eigenvalue weighted by Gasteiger charge is -2.17. The number of nitrogens with zero attached hydrogens (tertiary/aromatic N) is 2. The van der Waals surface area contributed by atoms with Gasteiger partial charge in [-0.3, -0.25) is 19.4 Å². The zero-order valence-electron chi connectivity index (χ0n) is 15.8. The van der Waals surface area contributed by atoms with Crippen LogP contribution in [0.3, 0.4) is 0 Å². The third-order valence-electron chi connectivity index (χ3n) is 4.60. The van der Waals surface area contributed by atoms with Crippen LogP contribution >= 0.6 is 0 Å². The normalized spacial score (nSPS) is 11.3. The second kappa shape index (κ2) is 7.74. The van der Waals surface area contributed by atoms with Gasteiger partial charge in [0, 0.05) is 17.7 Å². The van der Waals surface area contributed by atoms with Crippen LogP contribution in [-0.2, 0) is 11.2 Å². The number of aryl methyl sites for hydroxylation is 3. The van der Waals surface area contributed by atoms with Gasteiger partial charge >= 0.3 is 0 Å². The number of carbonyl (C=O) groups is 1. The third-order valence-corrected chi connectivity index (χ3v) is 4.60. The van der Waals surface area contributed by atoms with Crippen molar-refractivity contribution in [2.24, 2.45) is 0 Å². The molecule has 144 valence electrons. The highest BCUT2D eigenvalue weighted by atomic mass is 19.1. The van der Waals surface area contributed by atoms with E-state index in [9.17, 15) is 14.0 Å². The van der Waals surface area contributed by atoms with Crippen LogP contribution in [0.4, 0.5) is 4.39 Å². The van der Waals surface area contributed by atoms with Gasteiger partial charge in [-0.15, -0.1) is 0 Å². The van der Waals surface area contributed by atoms with Crippen molar-refractivity contribution in [3.63, 3.8) is 0 Å². The summed E-state index contributed by atoms with van der Waals surface area (Å²) in [5.41, 5.74) is 4.14. The molecule has 3 aromatic rings. The Morgan fingerprint density at radius 1 is 1.32 bits per heavy atom. The number of para-hydroxylation sites is 1. The maximum atomic E-state index is 14.3. The number of benzene rings is 2. The summed E-state index contributed by atoms with van der Waals surface area (Å²) < 4.78 is 15.9. The molecule has 0 saturated heterocycles. The van der Waals surface area contributed by atoms with E-state index in [-0.39, 0.29) is 22.0 Å². The van der Waals surface area contributed by atoms with Crippen molar-refractivity contribution < 1.29 is 14.4 Å². The predicted molar refractivity (Wildman–Crippen MR) is 105 cm³/mol. The highest BCUT2D eigenvalue weighted by Crippen LogP contribution is 2.22. The molecule has 0 unspecified atom stereocenters. The molecule has 1 amide bonds. The lowest BCUT2D eigenvalue weighted by atomic mass is 10.0. The van der Waals surface area contributed by atoms with Crippen LogP contribution < -0.4 is 11.0 Å². The van der Waals surface area contributed by atoms with Crippen molar-refractivity contribution in [1.82, 2.24) is 15.0 Å². The molecule has 0 aliphatic heterocycles. The molecule has 2 aromatic carbocycles. The first-order valence-electron chi connectivity index (χ1n) is 8.81. The molecule has 2 N–H and O–H groups in total. The van der Waals surface area contributed by atoms with Gasteiger partial charge < -0.3 is 0 Å². The number of aromatic nitrogens is 2. The third kappa shape index (κ3) is 3.44. The van der Waals surface area contributed by atoms with Crippen LogP contribution in [0.25, 0.3) is 22.7 Å². The number of nitrogens with one attached hydrogen (secondary N) is 1. The molecule has 0 aliphatic carbocycles. The van der Waals surface area contributed by atoms with Crippen molar-refractivity contribution in [3.05, 3.63) is 75.1 Å². The Bertz CT molecular complexity index is 1170. The predicted octanol–water partition coefficient (Wildman–Crippen LogP) is 3.22. The Labute approximate surface area is 160 Å². The van der Waals surface area contributed by atoms with Crippen LogP contribution in [0.15, 0.2) is 41.2 Å².